The van der Waals surface area contributed by atoms with Crippen LogP contribution >= 0.6 is 11.3 Å². The van der Waals surface area contributed by atoms with Gasteiger partial charge in [0.05, 0.1) is 16.3 Å². The molecule has 0 aromatic carbocycles. The van der Waals surface area contributed by atoms with Gasteiger partial charge in [-0.05, 0) is 31.2 Å². The third kappa shape index (κ3) is 2.97. The normalized spacial score (nSPS) is 10.8. The van der Waals surface area contributed by atoms with Gasteiger partial charge in [-0.1, -0.05) is 0 Å². The minimum atomic E-state index is 0.392. The highest BCUT2D eigenvalue weighted by molar-refractivity contribution is 7.18. The van der Waals surface area contributed by atoms with E-state index in [2.05, 4.69) is 19.9 Å². The Labute approximate surface area is 148 Å². The lowest BCUT2D eigenvalue weighted by Crippen LogP contribution is -2.28. The number of rotatable bonds is 3. The van der Waals surface area contributed by atoms with Gasteiger partial charge in [-0.3, -0.25) is 4.98 Å². The van der Waals surface area contributed by atoms with Crippen LogP contribution in [0.25, 0.3) is 32.7 Å². The fraction of sp³-hybridized carbons (Fsp3) is 0.0556. The molecule has 0 saturated heterocycles. The van der Waals surface area contributed by atoms with E-state index in [-0.39, 0.29) is 0 Å². The number of aryl methyl sites for hydroxylation is 1. The summed E-state index contributed by atoms with van der Waals surface area (Å²) in [6.45, 7) is 1.95. The second-order valence-electron chi connectivity index (χ2n) is 5.35. The zero-order valence-electron chi connectivity index (χ0n) is 13.3. The van der Waals surface area contributed by atoms with E-state index in [4.69, 9.17) is 0 Å². The summed E-state index contributed by atoms with van der Waals surface area (Å²) in [7, 11) is 0. The van der Waals surface area contributed by atoms with Crippen LogP contribution in [0, 0.1) is 12.1 Å². The Bertz CT molecular complexity index is 1030. The molecule has 4 rings (SSSR count). The van der Waals surface area contributed by atoms with E-state index < -0.39 is 0 Å². The number of hydrogen-bond donors (Lipinski definition) is 0. The van der Waals surface area contributed by atoms with Gasteiger partial charge < -0.3 is 5.21 Å². The average molecular weight is 347 g/mol. The summed E-state index contributed by atoms with van der Waals surface area (Å²) in [4.78, 5) is 18.5. The second kappa shape index (κ2) is 6.37. The highest BCUT2D eigenvalue weighted by atomic mass is 32.1. The van der Waals surface area contributed by atoms with Crippen molar-refractivity contribution in [2.45, 2.75) is 6.92 Å². The Kier molecular flexibility index (Phi) is 3.91. The maximum atomic E-state index is 11.9. The SMILES string of the molecule is Cc1nc(-c2cccnc2)sc1-c1ccnc(-c2cccc[n+]2[O-])n1. The van der Waals surface area contributed by atoms with Crippen molar-refractivity contribution in [2.75, 3.05) is 0 Å². The molecule has 0 unspecified atom stereocenters. The molecule has 0 N–H and O–H groups in total. The quantitative estimate of drug-likeness (QED) is 0.420. The zero-order chi connectivity index (χ0) is 17.2. The zero-order valence-corrected chi connectivity index (χ0v) is 14.1. The fourth-order valence-electron chi connectivity index (χ4n) is 2.46. The molecule has 0 amide bonds. The maximum absolute atomic E-state index is 11.9. The van der Waals surface area contributed by atoms with E-state index in [0.29, 0.717) is 11.5 Å². The van der Waals surface area contributed by atoms with Gasteiger partial charge in [0, 0.05) is 36.3 Å². The molecule has 0 aliphatic rings. The standard InChI is InChI=1S/C18H13N5OS/c1-12-16(25-18(21-12)13-5-4-8-19-11-13)14-7-9-20-17(22-14)15-6-2-3-10-23(15)24/h2-11H,1H3. The minimum absolute atomic E-state index is 0.392. The highest BCUT2D eigenvalue weighted by Gasteiger charge is 2.16. The van der Waals surface area contributed by atoms with Gasteiger partial charge in [-0.25, -0.2) is 15.0 Å². The fourth-order valence-corrected chi connectivity index (χ4v) is 3.48. The van der Waals surface area contributed by atoms with Crippen LogP contribution in [0.5, 0.6) is 0 Å². The van der Waals surface area contributed by atoms with E-state index in [1.165, 1.54) is 6.20 Å². The van der Waals surface area contributed by atoms with Gasteiger partial charge in [-0.15, -0.1) is 11.3 Å². The van der Waals surface area contributed by atoms with Gasteiger partial charge in [0.25, 0.3) is 5.69 Å². The van der Waals surface area contributed by atoms with E-state index in [9.17, 15) is 5.21 Å². The molecular weight excluding hydrogens is 334 g/mol. The van der Waals surface area contributed by atoms with E-state index in [0.717, 1.165) is 31.6 Å². The highest BCUT2D eigenvalue weighted by Crippen LogP contribution is 2.34. The van der Waals surface area contributed by atoms with E-state index >= 15 is 0 Å². The molecule has 0 aliphatic heterocycles. The number of pyridine rings is 2. The lowest BCUT2D eigenvalue weighted by atomic mass is 10.2. The molecule has 0 aliphatic carbocycles. The Balaban J connectivity index is 1.78. The summed E-state index contributed by atoms with van der Waals surface area (Å²) in [5.41, 5.74) is 3.02. The molecule has 0 bridgehead atoms. The van der Waals surface area contributed by atoms with Crippen molar-refractivity contribution in [1.82, 2.24) is 19.9 Å². The van der Waals surface area contributed by atoms with Crippen LogP contribution < -0.4 is 4.73 Å². The monoisotopic (exact) mass is 347 g/mol. The van der Waals surface area contributed by atoms with Gasteiger partial charge in [0.2, 0.25) is 5.82 Å². The minimum Gasteiger partial charge on any atom is -0.618 e. The summed E-state index contributed by atoms with van der Waals surface area (Å²) in [5.74, 6) is 0.392. The van der Waals surface area contributed by atoms with Crippen LogP contribution in [-0.2, 0) is 0 Å². The summed E-state index contributed by atoms with van der Waals surface area (Å²) in [6.07, 6.45) is 6.62. The van der Waals surface area contributed by atoms with Crippen molar-refractivity contribution >= 4 is 11.3 Å². The van der Waals surface area contributed by atoms with Crippen LogP contribution in [-0.4, -0.2) is 19.9 Å². The molecule has 4 aromatic heterocycles. The van der Waals surface area contributed by atoms with Gasteiger partial charge in [0.1, 0.15) is 5.01 Å². The summed E-state index contributed by atoms with van der Waals surface area (Å²) >= 11 is 1.55. The molecular formula is C18H13N5OS. The molecule has 25 heavy (non-hydrogen) atoms. The summed E-state index contributed by atoms with van der Waals surface area (Å²) < 4.78 is 0.764. The second-order valence-corrected chi connectivity index (χ2v) is 6.35. The first-order valence-corrected chi connectivity index (χ1v) is 8.44. The Hall–Kier alpha value is -3.19. The number of thiazole rings is 1. The van der Waals surface area contributed by atoms with E-state index in [1.54, 1.807) is 48.1 Å². The summed E-state index contributed by atoms with van der Waals surface area (Å²) in [6, 6.07) is 10.9. The smallest absolute Gasteiger partial charge is 0.261 e. The average Bonchev–Trinajstić information content (AvgIpc) is 3.05. The van der Waals surface area contributed by atoms with Crippen molar-refractivity contribution < 1.29 is 4.73 Å². The third-order valence-corrected chi connectivity index (χ3v) is 4.88. The predicted molar refractivity (Wildman–Crippen MR) is 95.5 cm³/mol. The Morgan fingerprint density at radius 3 is 2.76 bits per heavy atom. The van der Waals surface area contributed by atoms with Crippen molar-refractivity contribution in [1.29, 1.82) is 0 Å². The molecule has 4 heterocycles. The van der Waals surface area contributed by atoms with Crippen LogP contribution in [0.3, 0.4) is 0 Å². The van der Waals surface area contributed by atoms with E-state index in [1.807, 2.05) is 25.1 Å². The first-order valence-electron chi connectivity index (χ1n) is 7.62. The summed E-state index contributed by atoms with van der Waals surface area (Å²) in [5, 5.41) is 12.8. The van der Waals surface area contributed by atoms with Gasteiger partial charge in [-0.2, -0.15) is 4.73 Å². The van der Waals surface area contributed by atoms with Crippen molar-refractivity contribution in [3.63, 3.8) is 0 Å². The van der Waals surface area contributed by atoms with Crippen LogP contribution in [0.15, 0.2) is 61.2 Å². The van der Waals surface area contributed by atoms with Crippen molar-refractivity contribution in [3.8, 4) is 32.7 Å². The lowest BCUT2D eigenvalue weighted by molar-refractivity contribution is -0.594. The Morgan fingerprint density at radius 1 is 1.04 bits per heavy atom. The molecule has 0 radical (unpaired) electrons. The first-order chi connectivity index (χ1) is 12.2. The van der Waals surface area contributed by atoms with Crippen LogP contribution in [0.4, 0.5) is 0 Å². The molecule has 0 fully saturated rings. The number of nitrogens with zero attached hydrogens (tertiary/aromatic N) is 5. The molecule has 0 spiro atoms. The van der Waals surface area contributed by atoms with Crippen molar-refractivity contribution in [2.24, 2.45) is 0 Å². The van der Waals surface area contributed by atoms with Crippen LogP contribution in [0.1, 0.15) is 5.69 Å². The largest absolute Gasteiger partial charge is 0.618 e. The molecule has 4 aromatic rings. The van der Waals surface area contributed by atoms with Gasteiger partial charge in [0.15, 0.2) is 6.20 Å². The Morgan fingerprint density at radius 2 is 1.96 bits per heavy atom. The topological polar surface area (TPSA) is 78.5 Å². The predicted octanol–water partition coefficient (Wildman–Crippen LogP) is 3.27. The van der Waals surface area contributed by atoms with Gasteiger partial charge >= 0.3 is 0 Å². The lowest BCUT2D eigenvalue weighted by Gasteiger charge is -2.04. The maximum Gasteiger partial charge on any atom is 0.261 e. The van der Waals surface area contributed by atoms with Crippen LogP contribution in [0.2, 0.25) is 0 Å². The third-order valence-electron chi connectivity index (χ3n) is 3.65. The molecule has 122 valence electrons. The molecule has 0 saturated carbocycles. The van der Waals surface area contributed by atoms with Crippen molar-refractivity contribution in [3.05, 3.63) is 72.1 Å². The molecule has 6 nitrogen and oxygen atoms in total. The molecule has 0 atom stereocenters. The molecule has 7 heteroatoms. The number of aromatic nitrogens is 5. The number of hydrogen-bond acceptors (Lipinski definition) is 6. The first kappa shape index (κ1) is 15.3.